The largest absolute Gasteiger partial charge is 0.505 e. The lowest BCUT2D eigenvalue weighted by atomic mass is 10.0. The molecule has 0 spiro atoms. The van der Waals surface area contributed by atoms with E-state index >= 15 is 8.78 Å². The molecule has 9 aromatic heterocycles. The smallest absolute Gasteiger partial charge is 0.276 e. The number of carbonyl (C=O) groups is 3. The number of phenols is 3. The van der Waals surface area contributed by atoms with Crippen molar-refractivity contribution in [1.82, 2.24) is 58.3 Å². The highest BCUT2D eigenvalue weighted by Gasteiger charge is 2.38. The zero-order chi connectivity index (χ0) is 98.7. The Hall–Kier alpha value is -11.3. The summed E-state index contributed by atoms with van der Waals surface area (Å²) in [4.78, 5) is 118. The number of halogens is 15. The maximum absolute atomic E-state index is 15.6. The van der Waals surface area contributed by atoms with Crippen LogP contribution in [0.4, 0.5) is 25.8 Å². The molecule has 15 rings (SSSR count). The van der Waals surface area contributed by atoms with Gasteiger partial charge in [-0.2, -0.15) is 15.8 Å². The van der Waals surface area contributed by atoms with Gasteiger partial charge in [0, 0.05) is 119 Å². The van der Waals surface area contributed by atoms with Crippen molar-refractivity contribution in [1.29, 1.82) is 15.8 Å². The number of hydrogen-bond acceptors (Lipinski definition) is 21. The second-order valence-electron chi connectivity index (χ2n) is 32.0. The fraction of sp³-hybridized carbons (Fsp3) is 0.258. The minimum Gasteiger partial charge on any atom is -0.505 e. The van der Waals surface area contributed by atoms with Gasteiger partial charge in [-0.25, -0.2) is 23.7 Å². The highest BCUT2D eigenvalue weighted by Crippen LogP contribution is 2.54. The molecule has 12 heterocycles. The maximum atomic E-state index is 15.6. The number of nitriles is 3. The number of piperazine rings is 3. The van der Waals surface area contributed by atoms with Crippen molar-refractivity contribution in [2.45, 2.75) is 80.1 Å². The van der Waals surface area contributed by atoms with Crippen molar-refractivity contribution in [3.63, 3.8) is 0 Å². The van der Waals surface area contributed by atoms with Gasteiger partial charge in [0.05, 0.1) is 130 Å². The summed E-state index contributed by atoms with van der Waals surface area (Å²) in [5, 5.41) is 60.3. The second kappa shape index (κ2) is 40.9. The van der Waals surface area contributed by atoms with Crippen LogP contribution in [-0.4, -0.2) is 170 Å². The average Bonchev–Trinajstić information content (AvgIpc) is 0.728. The number of anilines is 3. The van der Waals surface area contributed by atoms with E-state index in [4.69, 9.17) is 166 Å². The summed E-state index contributed by atoms with van der Waals surface area (Å²) in [6.45, 7) is 31.3. The van der Waals surface area contributed by atoms with Crippen LogP contribution in [0.2, 0.25) is 65.3 Å². The SMILES string of the molecule is C=CC(=O)N1CCN(c2c(C#N)c(=O)n(-c3c(C)ccnc3C(C)C)c3nc(-c4c(Cl)c(O)c(Cl)c(Cl)c4Cl)c(Cl)cc23)CC1.C=CC(=O)N1CCN(c2c(C#N)c(=O)n(-c3c(C)ccnc3C(C)C)c3nc(-c4c(F)c(O)c(Cl)c(Cl)c4Cl)c(Cl)cc23)CC1.C=CC(=O)N1CCN(c2c(C#N)c(=O)n(-c3c(C)ccnc3C(C)C)c3nc(-c4c(F)c(O)c(Cl)c(Cl)c4Cl)c(Cl)cc23)CC1. The summed E-state index contributed by atoms with van der Waals surface area (Å²) in [5.74, 6) is -5.92. The Balaban J connectivity index is 0.000000171. The van der Waals surface area contributed by atoms with Crippen LogP contribution in [0.3, 0.4) is 0 Å². The maximum Gasteiger partial charge on any atom is 0.276 e. The van der Waals surface area contributed by atoms with E-state index in [1.54, 1.807) is 71.4 Å². The van der Waals surface area contributed by atoms with Crippen LogP contribution in [0.5, 0.6) is 17.2 Å². The fourth-order valence-electron chi connectivity index (χ4n) is 16.4. The van der Waals surface area contributed by atoms with E-state index in [9.17, 15) is 59.9 Å². The molecule has 3 aliphatic heterocycles. The molecule has 3 aromatic carbocycles. The third kappa shape index (κ3) is 18.3. The predicted octanol–water partition coefficient (Wildman–Crippen LogP) is 21.6. The molecule has 3 saturated heterocycles. The lowest BCUT2D eigenvalue weighted by molar-refractivity contribution is -0.127. The molecule has 3 N–H and O–H groups in total. The molecule has 0 atom stereocenters. The van der Waals surface area contributed by atoms with Crippen LogP contribution in [0.15, 0.2) is 107 Å². The van der Waals surface area contributed by atoms with E-state index in [0.29, 0.717) is 125 Å². The molecule has 135 heavy (non-hydrogen) atoms. The molecule has 12 aromatic rings. The molecule has 27 nitrogen and oxygen atoms in total. The Morgan fingerprint density at radius 1 is 0.378 bits per heavy atom. The highest BCUT2D eigenvalue weighted by molar-refractivity contribution is 6.53. The number of pyridine rings is 9. The zero-order valence-corrected chi connectivity index (χ0v) is 82.6. The number of rotatable bonds is 15. The molecule has 696 valence electrons. The van der Waals surface area contributed by atoms with E-state index < -0.39 is 66.7 Å². The second-order valence-corrected chi connectivity index (χ2v) is 37.0. The first-order valence-corrected chi connectivity index (χ1v) is 46.0. The topological polar surface area (TPSA) is 346 Å². The Bertz CT molecular complexity index is 6640. The number of nitrogens with zero attached hydrogens (tertiary/aromatic N) is 18. The molecule has 42 heteroatoms. The Kier molecular flexibility index (Phi) is 30.7. The average molecular weight is 2090 g/mol. The standard InChI is InChI=1S/C31H25Cl5N6O3.2C31H25Cl4FN6O3/c1-5-19(43)40-8-10-41(11-9-40)28-16-12-18(32)26(20-21(33)23(35)24(36)29(44)22(20)34)39-30(16)42(31(45)17(28)13-37)27-15(4)6-7-38-25(27)14(2)3;2*1-5-19(43)40-8-10-41(11-9-40)28-16-12-18(32)26(20-21(33)22(34)23(35)29(44)24(20)36)39-30(16)42(31(45)17(28)13-37)27-15(4)6-7-38-25(27)14(2)3/h3*5-7,12,14,44H,1,8-11H2,2-4H3. The van der Waals surface area contributed by atoms with Crippen LogP contribution in [-0.2, 0) is 14.4 Å². The van der Waals surface area contributed by atoms with Crippen molar-refractivity contribution in [2.24, 2.45) is 0 Å². The first-order valence-electron chi connectivity index (χ1n) is 41.1. The lowest BCUT2D eigenvalue weighted by Gasteiger charge is -2.36. The van der Waals surface area contributed by atoms with Crippen LogP contribution in [0, 0.1) is 66.4 Å². The monoisotopic (exact) mass is 2080 g/mol. The lowest BCUT2D eigenvalue weighted by Crippen LogP contribution is -2.49. The molecule has 0 unspecified atom stereocenters. The Morgan fingerprint density at radius 3 is 0.867 bits per heavy atom. The molecule has 0 radical (unpaired) electrons. The number of phenolic OH excluding ortho intramolecular Hbond substituents is 3. The molecular formula is C93H75Cl13F2N18O9. The molecule has 0 aliphatic carbocycles. The van der Waals surface area contributed by atoms with Crippen molar-refractivity contribution in [3.8, 4) is 86.3 Å². The molecule has 0 saturated carbocycles. The first kappa shape index (κ1) is 101. The van der Waals surface area contributed by atoms with E-state index in [0.717, 1.165) is 0 Å². The van der Waals surface area contributed by atoms with Gasteiger partial charge in [0.15, 0.2) is 28.9 Å². The van der Waals surface area contributed by atoms with E-state index in [1.165, 1.54) is 44.1 Å². The van der Waals surface area contributed by atoms with Gasteiger partial charge in [-0.05, 0) is 110 Å². The van der Waals surface area contributed by atoms with Crippen LogP contribution < -0.4 is 31.4 Å². The van der Waals surface area contributed by atoms with E-state index in [-0.39, 0.29) is 185 Å². The number of carbonyl (C=O) groups excluding carboxylic acids is 3. The van der Waals surface area contributed by atoms with Gasteiger partial charge in [0.1, 0.15) is 66.9 Å². The molecule has 3 amide bonds. The summed E-state index contributed by atoms with van der Waals surface area (Å²) in [5.41, 5.74) is 2.29. The molecule has 0 bridgehead atoms. The van der Waals surface area contributed by atoms with Crippen LogP contribution in [0.1, 0.15) is 110 Å². The van der Waals surface area contributed by atoms with Gasteiger partial charge in [0.2, 0.25) is 17.7 Å². The number of aromatic hydroxyl groups is 3. The number of aromatic nitrogens is 9. The normalized spacial score (nSPS) is 13.4. The molecular weight excluding hydrogens is 2010 g/mol. The van der Waals surface area contributed by atoms with Crippen molar-refractivity contribution in [2.75, 3.05) is 93.2 Å². The summed E-state index contributed by atoms with van der Waals surface area (Å²) < 4.78 is 35.1. The summed E-state index contributed by atoms with van der Waals surface area (Å²) in [6.07, 6.45) is 8.59. The number of benzene rings is 3. The summed E-state index contributed by atoms with van der Waals surface area (Å²) in [6, 6.07) is 16.0. The first-order chi connectivity index (χ1) is 64.0. The van der Waals surface area contributed by atoms with E-state index in [1.807, 2.05) is 63.2 Å². The molecule has 3 aliphatic rings. The van der Waals surface area contributed by atoms with Gasteiger partial charge in [-0.1, -0.05) is 212 Å². The predicted molar refractivity (Wildman–Crippen MR) is 529 cm³/mol. The quantitative estimate of drug-likeness (QED) is 0.0487. The highest BCUT2D eigenvalue weighted by atomic mass is 35.5. The number of aryl methyl sites for hydroxylation is 3. The van der Waals surface area contributed by atoms with Crippen LogP contribution >= 0.6 is 151 Å². The van der Waals surface area contributed by atoms with Crippen molar-refractivity contribution in [3.05, 3.63) is 251 Å². The van der Waals surface area contributed by atoms with Crippen molar-refractivity contribution >= 4 is 219 Å². The van der Waals surface area contributed by atoms with Gasteiger partial charge in [-0.3, -0.25) is 57.4 Å². The van der Waals surface area contributed by atoms with Gasteiger partial charge in [0.25, 0.3) is 16.7 Å². The third-order valence-electron chi connectivity index (χ3n) is 23.0. The summed E-state index contributed by atoms with van der Waals surface area (Å²) >= 11 is 83.2. The number of fused-ring (bicyclic) bond motifs is 3. The van der Waals surface area contributed by atoms with Gasteiger partial charge in [-0.15, -0.1) is 0 Å². The van der Waals surface area contributed by atoms with Crippen LogP contribution in [0.25, 0.3) is 83.9 Å². The van der Waals surface area contributed by atoms with Gasteiger partial charge >= 0.3 is 0 Å². The number of amides is 3. The fourth-order valence-corrected chi connectivity index (χ4v) is 19.6. The summed E-state index contributed by atoms with van der Waals surface area (Å²) in [7, 11) is 0. The minimum atomic E-state index is -1.21. The zero-order valence-electron chi connectivity index (χ0n) is 72.8. The minimum absolute atomic E-state index is 0.00517. The Morgan fingerprint density at radius 2 is 0.622 bits per heavy atom. The van der Waals surface area contributed by atoms with Crippen molar-refractivity contribution < 1.29 is 38.5 Å². The third-order valence-corrected chi connectivity index (χ3v) is 28.2. The Labute approximate surface area is 835 Å². The molecule has 3 fully saturated rings. The van der Waals surface area contributed by atoms with Gasteiger partial charge < -0.3 is 44.7 Å². The number of hydrogen-bond donors (Lipinski definition) is 3. The van der Waals surface area contributed by atoms with E-state index in [2.05, 4.69) is 52.9 Å².